The van der Waals surface area contributed by atoms with Gasteiger partial charge in [-0.1, -0.05) is 37.3 Å². The molecule has 130 valence electrons. The maximum absolute atomic E-state index is 10.2. The number of nitrogens with zero attached hydrogens (tertiary/aromatic N) is 2. The lowest BCUT2D eigenvalue weighted by Crippen LogP contribution is -2.49. The Labute approximate surface area is 139 Å². The Morgan fingerprint density at radius 2 is 1.74 bits per heavy atom. The molecule has 2 N–H and O–H groups in total. The summed E-state index contributed by atoms with van der Waals surface area (Å²) in [5, 5.41) is 19.2. The number of piperazine rings is 1. The molecule has 0 aliphatic carbocycles. The van der Waals surface area contributed by atoms with Crippen molar-refractivity contribution in [1.82, 2.24) is 9.80 Å². The molecule has 23 heavy (non-hydrogen) atoms. The molecule has 5 heteroatoms. The average Bonchev–Trinajstić information content (AvgIpc) is 2.58. The Morgan fingerprint density at radius 1 is 1.09 bits per heavy atom. The predicted molar refractivity (Wildman–Crippen MR) is 91.4 cm³/mol. The molecule has 5 nitrogen and oxygen atoms in total. The lowest BCUT2D eigenvalue weighted by molar-refractivity contribution is -0.0285. The van der Waals surface area contributed by atoms with Gasteiger partial charge in [0.25, 0.3) is 0 Å². The van der Waals surface area contributed by atoms with Crippen LogP contribution in [0.1, 0.15) is 25.0 Å². The molecule has 1 aromatic carbocycles. The quantitative estimate of drug-likeness (QED) is 0.714. The standard InChI is InChI=1S/C18H30N2O3/c1-2-18(16-6-4-3-5-7-16)23-15-17(22)14-20-10-8-19(9-11-20)12-13-21/h3-7,17-18,21-22H,2,8-15H2,1H3/t17-,18-/m0/s1. The van der Waals surface area contributed by atoms with E-state index < -0.39 is 6.10 Å². The van der Waals surface area contributed by atoms with E-state index in [4.69, 9.17) is 9.84 Å². The second-order valence-corrected chi connectivity index (χ2v) is 6.16. The Hall–Kier alpha value is -0.980. The van der Waals surface area contributed by atoms with Crippen LogP contribution in [-0.4, -0.2) is 78.6 Å². The number of rotatable bonds is 9. The summed E-state index contributed by atoms with van der Waals surface area (Å²) in [6, 6.07) is 10.2. The van der Waals surface area contributed by atoms with E-state index in [1.807, 2.05) is 18.2 Å². The summed E-state index contributed by atoms with van der Waals surface area (Å²) in [7, 11) is 0. The summed E-state index contributed by atoms with van der Waals surface area (Å²) >= 11 is 0. The van der Waals surface area contributed by atoms with E-state index in [1.165, 1.54) is 5.56 Å². The van der Waals surface area contributed by atoms with Crippen molar-refractivity contribution in [1.29, 1.82) is 0 Å². The fourth-order valence-electron chi connectivity index (χ4n) is 3.03. The van der Waals surface area contributed by atoms with E-state index in [9.17, 15) is 5.11 Å². The third-order valence-corrected chi connectivity index (χ3v) is 4.38. The zero-order valence-corrected chi connectivity index (χ0v) is 14.1. The summed E-state index contributed by atoms with van der Waals surface area (Å²) in [6.07, 6.45) is 0.487. The number of ether oxygens (including phenoxy) is 1. The number of β-amino-alcohol motifs (C(OH)–C–C–N with tert-alkyl or cyclic N) is 2. The minimum Gasteiger partial charge on any atom is -0.395 e. The van der Waals surface area contributed by atoms with Crippen molar-refractivity contribution in [2.45, 2.75) is 25.6 Å². The van der Waals surface area contributed by atoms with Gasteiger partial charge in [-0.15, -0.1) is 0 Å². The highest BCUT2D eigenvalue weighted by Crippen LogP contribution is 2.20. The van der Waals surface area contributed by atoms with Gasteiger partial charge in [-0.2, -0.15) is 0 Å². The van der Waals surface area contributed by atoms with Crippen LogP contribution in [0, 0.1) is 0 Å². The Bertz CT molecular complexity index is 422. The highest BCUT2D eigenvalue weighted by molar-refractivity contribution is 5.17. The van der Waals surface area contributed by atoms with Gasteiger partial charge < -0.3 is 14.9 Å². The lowest BCUT2D eigenvalue weighted by atomic mass is 10.1. The van der Waals surface area contributed by atoms with Gasteiger partial charge in [-0.3, -0.25) is 9.80 Å². The topological polar surface area (TPSA) is 56.2 Å². The highest BCUT2D eigenvalue weighted by atomic mass is 16.5. The first-order chi connectivity index (χ1) is 11.2. The second kappa shape index (κ2) is 10.0. The lowest BCUT2D eigenvalue weighted by Gasteiger charge is -2.35. The predicted octanol–water partition coefficient (Wildman–Crippen LogP) is 1.13. The van der Waals surface area contributed by atoms with Crippen molar-refractivity contribution in [3.63, 3.8) is 0 Å². The van der Waals surface area contributed by atoms with Gasteiger partial charge in [0.2, 0.25) is 0 Å². The monoisotopic (exact) mass is 322 g/mol. The van der Waals surface area contributed by atoms with E-state index in [0.717, 1.165) is 39.1 Å². The Morgan fingerprint density at radius 3 is 2.35 bits per heavy atom. The van der Waals surface area contributed by atoms with Crippen molar-refractivity contribution >= 4 is 0 Å². The van der Waals surface area contributed by atoms with Crippen LogP contribution in [0.2, 0.25) is 0 Å². The van der Waals surface area contributed by atoms with E-state index >= 15 is 0 Å². The molecule has 2 atom stereocenters. The molecule has 2 rings (SSSR count). The Balaban J connectivity index is 1.69. The molecule has 1 saturated heterocycles. The molecule has 0 aromatic heterocycles. The van der Waals surface area contributed by atoms with Crippen LogP contribution < -0.4 is 0 Å². The minimum absolute atomic E-state index is 0.0484. The largest absolute Gasteiger partial charge is 0.395 e. The van der Waals surface area contributed by atoms with Crippen LogP contribution in [0.5, 0.6) is 0 Å². The fourth-order valence-corrected chi connectivity index (χ4v) is 3.03. The minimum atomic E-state index is -0.461. The zero-order valence-electron chi connectivity index (χ0n) is 14.1. The molecule has 1 heterocycles. The molecular weight excluding hydrogens is 292 g/mol. The third-order valence-electron chi connectivity index (χ3n) is 4.38. The molecule has 0 saturated carbocycles. The number of hydrogen-bond donors (Lipinski definition) is 2. The van der Waals surface area contributed by atoms with Crippen LogP contribution in [-0.2, 0) is 4.74 Å². The van der Waals surface area contributed by atoms with Crippen molar-refractivity contribution < 1.29 is 14.9 Å². The van der Waals surface area contributed by atoms with E-state index in [1.54, 1.807) is 0 Å². The van der Waals surface area contributed by atoms with Gasteiger partial charge in [0.15, 0.2) is 0 Å². The number of hydrogen-bond acceptors (Lipinski definition) is 5. The summed E-state index contributed by atoms with van der Waals surface area (Å²) in [5.74, 6) is 0. The van der Waals surface area contributed by atoms with Crippen LogP contribution >= 0.6 is 0 Å². The van der Waals surface area contributed by atoms with E-state index in [2.05, 4.69) is 28.9 Å². The molecule has 1 aliphatic heterocycles. The number of benzene rings is 1. The SMILES string of the molecule is CC[C@H](OC[C@@H](O)CN1CCN(CCO)CC1)c1ccccc1. The van der Waals surface area contributed by atoms with Gasteiger partial charge in [0.05, 0.1) is 25.4 Å². The number of aliphatic hydroxyl groups excluding tert-OH is 2. The van der Waals surface area contributed by atoms with Crippen LogP contribution in [0.4, 0.5) is 0 Å². The van der Waals surface area contributed by atoms with Crippen LogP contribution in [0.25, 0.3) is 0 Å². The van der Waals surface area contributed by atoms with Gasteiger partial charge in [0, 0.05) is 39.3 Å². The summed E-state index contributed by atoms with van der Waals surface area (Å²) in [5.41, 5.74) is 1.17. The highest BCUT2D eigenvalue weighted by Gasteiger charge is 2.19. The number of aliphatic hydroxyl groups is 2. The smallest absolute Gasteiger partial charge is 0.0900 e. The summed E-state index contributed by atoms with van der Waals surface area (Å²) in [6.45, 7) is 7.86. The average molecular weight is 322 g/mol. The van der Waals surface area contributed by atoms with Crippen molar-refractivity contribution in [2.24, 2.45) is 0 Å². The molecule has 0 amide bonds. The van der Waals surface area contributed by atoms with E-state index in [0.29, 0.717) is 13.2 Å². The molecule has 0 unspecified atom stereocenters. The first-order valence-corrected chi connectivity index (χ1v) is 8.63. The molecule has 0 radical (unpaired) electrons. The molecule has 1 aliphatic rings. The zero-order chi connectivity index (χ0) is 16.5. The molecule has 0 spiro atoms. The Kier molecular flexibility index (Phi) is 7.99. The molecule has 1 fully saturated rings. The fraction of sp³-hybridized carbons (Fsp3) is 0.667. The first-order valence-electron chi connectivity index (χ1n) is 8.63. The second-order valence-electron chi connectivity index (χ2n) is 6.16. The first kappa shape index (κ1) is 18.4. The normalized spacial score (nSPS) is 19.6. The van der Waals surface area contributed by atoms with Crippen molar-refractivity contribution in [3.05, 3.63) is 35.9 Å². The summed E-state index contributed by atoms with van der Waals surface area (Å²) in [4.78, 5) is 4.52. The molecule has 1 aromatic rings. The maximum atomic E-state index is 10.2. The third kappa shape index (κ3) is 6.20. The van der Waals surface area contributed by atoms with Gasteiger partial charge in [0.1, 0.15) is 0 Å². The van der Waals surface area contributed by atoms with Crippen LogP contribution in [0.15, 0.2) is 30.3 Å². The molecular formula is C18H30N2O3. The van der Waals surface area contributed by atoms with Crippen LogP contribution in [0.3, 0.4) is 0 Å². The van der Waals surface area contributed by atoms with Gasteiger partial charge in [-0.25, -0.2) is 0 Å². The molecule has 0 bridgehead atoms. The van der Waals surface area contributed by atoms with Crippen molar-refractivity contribution in [3.8, 4) is 0 Å². The van der Waals surface area contributed by atoms with Gasteiger partial charge in [-0.05, 0) is 12.0 Å². The summed E-state index contributed by atoms with van der Waals surface area (Å²) < 4.78 is 5.92. The van der Waals surface area contributed by atoms with E-state index in [-0.39, 0.29) is 12.7 Å². The van der Waals surface area contributed by atoms with Gasteiger partial charge >= 0.3 is 0 Å². The van der Waals surface area contributed by atoms with Crippen molar-refractivity contribution in [2.75, 3.05) is 52.5 Å². The maximum Gasteiger partial charge on any atom is 0.0900 e.